The smallest absolute Gasteiger partial charge is 0.248 e. The van der Waals surface area contributed by atoms with Crippen LogP contribution < -0.4 is 5.32 Å². The van der Waals surface area contributed by atoms with Crippen LogP contribution in [0.15, 0.2) is 67.0 Å². The van der Waals surface area contributed by atoms with Crippen molar-refractivity contribution in [1.82, 2.24) is 14.7 Å². The highest BCUT2D eigenvalue weighted by Crippen LogP contribution is 2.20. The largest absolute Gasteiger partial charge is 0.322 e. The van der Waals surface area contributed by atoms with Crippen molar-refractivity contribution in [1.29, 1.82) is 0 Å². The molecule has 1 aliphatic heterocycles. The summed E-state index contributed by atoms with van der Waals surface area (Å²) in [5.74, 6) is 2.25. The van der Waals surface area contributed by atoms with Crippen LogP contribution in [0.25, 0.3) is 11.8 Å². The Labute approximate surface area is 181 Å². The van der Waals surface area contributed by atoms with Crippen molar-refractivity contribution >= 4 is 29.4 Å². The van der Waals surface area contributed by atoms with Crippen molar-refractivity contribution in [2.24, 2.45) is 0 Å². The second-order valence-electron chi connectivity index (χ2n) is 7.41. The van der Waals surface area contributed by atoms with Crippen molar-refractivity contribution in [3.05, 3.63) is 83.7 Å². The van der Waals surface area contributed by atoms with Gasteiger partial charge in [-0.3, -0.25) is 9.69 Å². The standard InChI is InChI=1S/C24H26N4OS/c1-19-7-8-20(17-27-11-13-30-14-12-27)15-23(19)26-24(29)10-9-21-16-25-28(18-21)22-5-3-2-4-6-22/h2-10,15-16,18H,11-14,17H2,1H3,(H,26,29)/b10-9+. The van der Waals surface area contributed by atoms with Crippen molar-refractivity contribution in [3.63, 3.8) is 0 Å². The van der Waals surface area contributed by atoms with E-state index in [1.807, 2.05) is 55.2 Å². The average molecular weight is 419 g/mol. The quantitative estimate of drug-likeness (QED) is 0.604. The van der Waals surface area contributed by atoms with Crippen LogP contribution in [0, 0.1) is 6.92 Å². The van der Waals surface area contributed by atoms with Gasteiger partial charge in [-0.25, -0.2) is 4.68 Å². The van der Waals surface area contributed by atoms with Gasteiger partial charge in [-0.2, -0.15) is 16.9 Å². The Morgan fingerprint density at radius 2 is 1.97 bits per heavy atom. The number of hydrogen-bond acceptors (Lipinski definition) is 4. The maximum Gasteiger partial charge on any atom is 0.248 e. The Morgan fingerprint density at radius 3 is 2.77 bits per heavy atom. The van der Waals surface area contributed by atoms with Crippen LogP contribution in [0.1, 0.15) is 16.7 Å². The molecule has 1 saturated heterocycles. The normalized spacial score (nSPS) is 14.8. The van der Waals surface area contributed by atoms with Crippen molar-refractivity contribution in [2.45, 2.75) is 13.5 Å². The van der Waals surface area contributed by atoms with E-state index < -0.39 is 0 Å². The van der Waals surface area contributed by atoms with E-state index in [0.717, 1.165) is 42.1 Å². The van der Waals surface area contributed by atoms with E-state index in [4.69, 9.17) is 0 Å². The highest BCUT2D eigenvalue weighted by atomic mass is 32.2. The summed E-state index contributed by atoms with van der Waals surface area (Å²) in [5, 5.41) is 7.38. The van der Waals surface area contributed by atoms with E-state index in [1.54, 1.807) is 23.0 Å². The molecule has 154 valence electrons. The van der Waals surface area contributed by atoms with Crippen molar-refractivity contribution < 1.29 is 4.79 Å². The zero-order chi connectivity index (χ0) is 20.8. The van der Waals surface area contributed by atoms with Gasteiger partial charge in [0.1, 0.15) is 0 Å². The van der Waals surface area contributed by atoms with Crippen LogP contribution >= 0.6 is 11.8 Å². The zero-order valence-electron chi connectivity index (χ0n) is 17.1. The zero-order valence-corrected chi connectivity index (χ0v) is 17.9. The van der Waals surface area contributed by atoms with Gasteiger partial charge in [-0.1, -0.05) is 30.3 Å². The maximum atomic E-state index is 12.5. The molecule has 1 fully saturated rings. The van der Waals surface area contributed by atoms with Gasteiger partial charge in [0.2, 0.25) is 5.91 Å². The fourth-order valence-corrected chi connectivity index (χ4v) is 4.39. The number of nitrogens with zero attached hydrogens (tertiary/aromatic N) is 3. The van der Waals surface area contributed by atoms with Crippen LogP contribution in [-0.2, 0) is 11.3 Å². The molecule has 0 bridgehead atoms. The molecule has 0 aliphatic carbocycles. The molecule has 1 amide bonds. The van der Waals surface area contributed by atoms with Gasteiger partial charge in [0.05, 0.1) is 11.9 Å². The number of aryl methyl sites for hydroxylation is 1. The minimum Gasteiger partial charge on any atom is -0.322 e. The van der Waals surface area contributed by atoms with Crippen LogP contribution in [-0.4, -0.2) is 45.2 Å². The number of amides is 1. The first-order chi connectivity index (χ1) is 14.7. The average Bonchev–Trinajstić information content (AvgIpc) is 3.25. The first kappa shape index (κ1) is 20.4. The predicted molar refractivity (Wildman–Crippen MR) is 125 cm³/mol. The monoisotopic (exact) mass is 418 g/mol. The van der Waals surface area contributed by atoms with E-state index >= 15 is 0 Å². The first-order valence-corrected chi connectivity index (χ1v) is 11.3. The maximum absolute atomic E-state index is 12.5. The molecule has 0 unspecified atom stereocenters. The number of rotatable bonds is 6. The minimum absolute atomic E-state index is 0.142. The number of para-hydroxylation sites is 1. The van der Waals surface area contributed by atoms with Gasteiger partial charge >= 0.3 is 0 Å². The lowest BCUT2D eigenvalue weighted by molar-refractivity contribution is -0.111. The predicted octanol–water partition coefficient (Wildman–Crippen LogP) is 4.38. The van der Waals surface area contributed by atoms with Gasteiger partial charge in [0, 0.05) is 54.7 Å². The Balaban J connectivity index is 1.38. The Kier molecular flexibility index (Phi) is 6.67. The van der Waals surface area contributed by atoms with Gasteiger partial charge in [0.25, 0.3) is 0 Å². The lowest BCUT2D eigenvalue weighted by Crippen LogP contribution is -2.31. The number of carbonyl (C=O) groups excluding carboxylic acids is 1. The summed E-state index contributed by atoms with van der Waals surface area (Å²) in [4.78, 5) is 14.9. The third-order valence-corrected chi connectivity index (χ3v) is 6.06. The van der Waals surface area contributed by atoms with Crippen LogP contribution in [0.2, 0.25) is 0 Å². The molecule has 4 rings (SSSR count). The molecule has 5 nitrogen and oxygen atoms in total. The summed E-state index contributed by atoms with van der Waals surface area (Å²) >= 11 is 2.01. The molecule has 6 heteroatoms. The van der Waals surface area contributed by atoms with Crippen LogP contribution in [0.5, 0.6) is 0 Å². The molecule has 2 heterocycles. The molecule has 3 aromatic rings. The molecule has 1 aliphatic rings. The molecule has 2 aromatic carbocycles. The van der Waals surface area contributed by atoms with Crippen LogP contribution in [0.3, 0.4) is 0 Å². The lowest BCUT2D eigenvalue weighted by atomic mass is 10.1. The number of nitrogens with one attached hydrogen (secondary N) is 1. The molecule has 30 heavy (non-hydrogen) atoms. The molecule has 0 radical (unpaired) electrons. The van der Waals surface area contributed by atoms with E-state index in [1.165, 1.54) is 17.1 Å². The Bertz CT molecular complexity index is 1020. The highest BCUT2D eigenvalue weighted by Gasteiger charge is 2.12. The number of benzene rings is 2. The molecular formula is C24H26N4OS. The summed E-state index contributed by atoms with van der Waals surface area (Å²) in [5.41, 5.74) is 5.03. The third kappa shape index (κ3) is 5.40. The Morgan fingerprint density at radius 1 is 1.17 bits per heavy atom. The van der Waals surface area contributed by atoms with Gasteiger partial charge in [0.15, 0.2) is 0 Å². The first-order valence-electron chi connectivity index (χ1n) is 10.2. The number of aromatic nitrogens is 2. The highest BCUT2D eigenvalue weighted by molar-refractivity contribution is 7.99. The summed E-state index contributed by atoms with van der Waals surface area (Å²) in [6.07, 6.45) is 6.99. The number of thioether (sulfide) groups is 1. The summed E-state index contributed by atoms with van der Waals surface area (Å²) < 4.78 is 1.80. The minimum atomic E-state index is -0.142. The second-order valence-corrected chi connectivity index (χ2v) is 8.64. The molecule has 1 N–H and O–H groups in total. The summed E-state index contributed by atoms with van der Waals surface area (Å²) in [6.45, 7) is 5.20. The molecule has 0 saturated carbocycles. The molecule has 0 atom stereocenters. The topological polar surface area (TPSA) is 50.2 Å². The fourth-order valence-electron chi connectivity index (χ4n) is 3.41. The van der Waals surface area contributed by atoms with Gasteiger partial charge < -0.3 is 5.32 Å². The van der Waals surface area contributed by atoms with Crippen molar-refractivity contribution in [3.8, 4) is 5.69 Å². The lowest BCUT2D eigenvalue weighted by Gasteiger charge is -2.26. The fraction of sp³-hybridized carbons (Fsp3) is 0.250. The van der Waals surface area contributed by atoms with E-state index in [9.17, 15) is 4.79 Å². The second kappa shape index (κ2) is 9.78. The van der Waals surface area contributed by atoms with Crippen LogP contribution in [0.4, 0.5) is 5.69 Å². The SMILES string of the molecule is Cc1ccc(CN2CCSCC2)cc1NC(=O)/C=C/c1cnn(-c2ccccc2)c1. The molecular weight excluding hydrogens is 392 g/mol. The van der Waals surface area contributed by atoms with Gasteiger partial charge in [-0.15, -0.1) is 0 Å². The molecule has 0 spiro atoms. The number of anilines is 1. The third-order valence-electron chi connectivity index (χ3n) is 5.12. The van der Waals surface area contributed by atoms with E-state index in [0.29, 0.717) is 0 Å². The van der Waals surface area contributed by atoms with Gasteiger partial charge in [-0.05, 0) is 42.3 Å². The number of hydrogen-bond donors (Lipinski definition) is 1. The number of carbonyl (C=O) groups is 1. The van der Waals surface area contributed by atoms with E-state index in [2.05, 4.69) is 33.5 Å². The Hall–Kier alpha value is -2.83. The summed E-state index contributed by atoms with van der Waals surface area (Å²) in [7, 11) is 0. The summed E-state index contributed by atoms with van der Waals surface area (Å²) in [6, 6.07) is 16.2. The van der Waals surface area contributed by atoms with Crippen molar-refractivity contribution in [2.75, 3.05) is 29.9 Å². The molecule has 1 aromatic heterocycles. The van der Waals surface area contributed by atoms with E-state index in [-0.39, 0.29) is 5.91 Å².